The lowest BCUT2D eigenvalue weighted by atomic mass is 10.2. The van der Waals surface area contributed by atoms with E-state index < -0.39 is 0 Å². The van der Waals surface area contributed by atoms with Crippen molar-refractivity contribution in [2.45, 2.75) is 13.7 Å². The summed E-state index contributed by atoms with van der Waals surface area (Å²) in [5.74, 6) is 0.369. The number of nitrogens with two attached hydrogens (primary N) is 2. The molecule has 0 aliphatic carbocycles. The second-order valence-corrected chi connectivity index (χ2v) is 3.90. The Bertz CT molecular complexity index is 565. The lowest BCUT2D eigenvalue weighted by Crippen LogP contribution is -2.09. The zero-order chi connectivity index (χ0) is 12.4. The molecule has 0 aliphatic rings. The van der Waals surface area contributed by atoms with Gasteiger partial charge in [0.15, 0.2) is 0 Å². The number of rotatable bonds is 4. The van der Waals surface area contributed by atoms with Gasteiger partial charge < -0.3 is 20.8 Å². The molecular formula is C10H13N5OS. The van der Waals surface area contributed by atoms with Crippen molar-refractivity contribution in [3.63, 3.8) is 0 Å². The first kappa shape index (κ1) is 11.7. The molecule has 2 aromatic rings. The van der Waals surface area contributed by atoms with E-state index in [1.165, 1.54) is 6.33 Å². The Morgan fingerprint density at radius 2 is 2.29 bits per heavy atom. The first-order chi connectivity index (χ1) is 8.15. The number of anilines is 1. The van der Waals surface area contributed by atoms with Gasteiger partial charge in [0, 0.05) is 18.4 Å². The van der Waals surface area contributed by atoms with Gasteiger partial charge in [-0.3, -0.25) is 0 Å². The third kappa shape index (κ3) is 2.06. The fraction of sp³-hybridized carbons (Fsp3) is 0.300. The summed E-state index contributed by atoms with van der Waals surface area (Å²) in [6.45, 7) is 2.91. The van der Waals surface area contributed by atoms with E-state index in [0.29, 0.717) is 35.8 Å². The van der Waals surface area contributed by atoms with E-state index in [-0.39, 0.29) is 4.99 Å². The number of nitrogens with zero attached hydrogens (tertiary/aromatic N) is 3. The second-order valence-electron chi connectivity index (χ2n) is 3.46. The van der Waals surface area contributed by atoms with Crippen LogP contribution in [0.3, 0.4) is 0 Å². The van der Waals surface area contributed by atoms with E-state index >= 15 is 0 Å². The second kappa shape index (κ2) is 4.64. The third-order valence-corrected chi connectivity index (χ3v) is 2.60. The third-order valence-electron chi connectivity index (χ3n) is 2.38. The molecule has 2 aromatic heterocycles. The number of hydrogen-bond donors (Lipinski definition) is 2. The molecule has 17 heavy (non-hydrogen) atoms. The van der Waals surface area contributed by atoms with Crippen molar-refractivity contribution in [1.82, 2.24) is 14.5 Å². The standard InChI is InChI=1S/C10H13N5OS/c1-2-16-5-15-3-6(9(12)17)7-8(11)13-4-14-10(7)15/h3-4H,2,5H2,1H3,(H2,12,17)(H2,11,13,14). The van der Waals surface area contributed by atoms with Crippen LogP contribution in [0.1, 0.15) is 12.5 Å². The molecule has 0 aliphatic heterocycles. The molecule has 4 N–H and O–H groups in total. The van der Waals surface area contributed by atoms with E-state index in [1.807, 2.05) is 11.5 Å². The number of aromatic nitrogens is 3. The predicted octanol–water partition coefficient (Wildman–Crippen LogP) is 0.642. The Hall–Kier alpha value is -1.73. The van der Waals surface area contributed by atoms with Gasteiger partial charge in [0.1, 0.15) is 29.5 Å². The largest absolute Gasteiger partial charge is 0.389 e. The molecule has 0 aromatic carbocycles. The fourth-order valence-electron chi connectivity index (χ4n) is 1.62. The van der Waals surface area contributed by atoms with Crippen molar-refractivity contribution < 1.29 is 4.74 Å². The summed E-state index contributed by atoms with van der Waals surface area (Å²) < 4.78 is 7.15. The molecule has 0 saturated heterocycles. The molecule has 0 fully saturated rings. The lowest BCUT2D eigenvalue weighted by molar-refractivity contribution is 0.0905. The van der Waals surface area contributed by atoms with Crippen LogP contribution in [0, 0.1) is 0 Å². The van der Waals surface area contributed by atoms with Crippen LogP contribution in [0.15, 0.2) is 12.5 Å². The molecule has 2 heterocycles. The summed E-state index contributed by atoms with van der Waals surface area (Å²) in [6.07, 6.45) is 3.19. The highest BCUT2D eigenvalue weighted by Crippen LogP contribution is 2.23. The minimum absolute atomic E-state index is 0.270. The Morgan fingerprint density at radius 3 is 2.94 bits per heavy atom. The average Bonchev–Trinajstić information content (AvgIpc) is 2.67. The molecule has 0 radical (unpaired) electrons. The average molecular weight is 251 g/mol. The molecular weight excluding hydrogens is 238 g/mol. The van der Waals surface area contributed by atoms with Crippen molar-refractivity contribution in [2.24, 2.45) is 5.73 Å². The van der Waals surface area contributed by atoms with Gasteiger partial charge in [-0.15, -0.1) is 0 Å². The summed E-state index contributed by atoms with van der Waals surface area (Å²) >= 11 is 4.99. The zero-order valence-electron chi connectivity index (χ0n) is 9.38. The monoisotopic (exact) mass is 251 g/mol. The van der Waals surface area contributed by atoms with Crippen LogP contribution >= 0.6 is 12.2 Å². The number of nitrogen functional groups attached to an aromatic ring is 1. The predicted molar refractivity (Wildman–Crippen MR) is 69.5 cm³/mol. The molecule has 0 atom stereocenters. The quantitative estimate of drug-likeness (QED) is 0.775. The maximum atomic E-state index is 5.82. The van der Waals surface area contributed by atoms with E-state index in [0.717, 1.165) is 0 Å². The van der Waals surface area contributed by atoms with Crippen LogP contribution in [0.2, 0.25) is 0 Å². The molecule has 0 saturated carbocycles. The normalized spacial score (nSPS) is 10.9. The highest BCUT2D eigenvalue weighted by Gasteiger charge is 2.14. The summed E-state index contributed by atoms with van der Waals surface area (Å²) in [5, 5.41) is 0.680. The molecule has 0 spiro atoms. The Labute approximate surface area is 104 Å². The fourth-order valence-corrected chi connectivity index (χ4v) is 1.78. The van der Waals surface area contributed by atoms with Crippen LogP contribution < -0.4 is 11.5 Å². The van der Waals surface area contributed by atoms with Gasteiger partial charge in [-0.1, -0.05) is 12.2 Å². The van der Waals surface area contributed by atoms with Gasteiger partial charge in [-0.25, -0.2) is 9.97 Å². The summed E-state index contributed by atoms with van der Waals surface area (Å²) in [5.41, 5.74) is 12.8. The van der Waals surface area contributed by atoms with Gasteiger partial charge in [-0.2, -0.15) is 0 Å². The Kier molecular flexibility index (Phi) is 3.21. The molecule has 0 bridgehead atoms. The molecule has 2 rings (SSSR count). The van der Waals surface area contributed by atoms with E-state index in [9.17, 15) is 0 Å². The first-order valence-electron chi connectivity index (χ1n) is 5.12. The highest BCUT2D eigenvalue weighted by molar-refractivity contribution is 7.80. The van der Waals surface area contributed by atoms with Gasteiger partial charge in [0.05, 0.1) is 5.39 Å². The molecule has 0 amide bonds. The van der Waals surface area contributed by atoms with E-state index in [2.05, 4.69) is 9.97 Å². The van der Waals surface area contributed by atoms with Crippen molar-refractivity contribution in [1.29, 1.82) is 0 Å². The van der Waals surface area contributed by atoms with Crippen LogP contribution in [0.4, 0.5) is 5.82 Å². The summed E-state index contributed by atoms with van der Waals surface area (Å²) in [4.78, 5) is 8.39. The highest BCUT2D eigenvalue weighted by atomic mass is 32.1. The number of thiocarbonyl (C=S) groups is 1. The number of ether oxygens (including phenoxy) is 1. The van der Waals surface area contributed by atoms with E-state index in [1.54, 1.807) is 6.20 Å². The molecule has 90 valence electrons. The summed E-state index contributed by atoms with van der Waals surface area (Å²) in [6, 6.07) is 0. The number of fused-ring (bicyclic) bond motifs is 1. The maximum absolute atomic E-state index is 5.82. The van der Waals surface area contributed by atoms with Crippen molar-refractivity contribution in [3.8, 4) is 0 Å². The minimum Gasteiger partial charge on any atom is -0.389 e. The van der Waals surface area contributed by atoms with Gasteiger partial charge >= 0.3 is 0 Å². The van der Waals surface area contributed by atoms with Crippen LogP contribution in [-0.4, -0.2) is 26.1 Å². The SMILES string of the molecule is CCOCn1cc(C(N)=S)c2c(N)ncnc21. The van der Waals surface area contributed by atoms with Crippen LogP contribution in [-0.2, 0) is 11.5 Å². The zero-order valence-corrected chi connectivity index (χ0v) is 10.2. The van der Waals surface area contributed by atoms with Crippen molar-refractivity contribution in [3.05, 3.63) is 18.1 Å². The van der Waals surface area contributed by atoms with Crippen LogP contribution in [0.25, 0.3) is 11.0 Å². The van der Waals surface area contributed by atoms with Gasteiger partial charge in [0.2, 0.25) is 0 Å². The maximum Gasteiger partial charge on any atom is 0.148 e. The Morgan fingerprint density at radius 1 is 1.53 bits per heavy atom. The molecule has 7 heteroatoms. The topological polar surface area (TPSA) is 92.0 Å². The van der Waals surface area contributed by atoms with Crippen molar-refractivity contribution in [2.75, 3.05) is 12.3 Å². The Balaban J connectivity index is 2.62. The van der Waals surface area contributed by atoms with Crippen molar-refractivity contribution >= 4 is 34.1 Å². The number of hydrogen-bond acceptors (Lipinski definition) is 5. The minimum atomic E-state index is 0.270. The lowest BCUT2D eigenvalue weighted by Gasteiger charge is -2.03. The summed E-state index contributed by atoms with van der Waals surface area (Å²) in [7, 11) is 0. The van der Waals surface area contributed by atoms with Gasteiger partial charge in [0.25, 0.3) is 0 Å². The van der Waals surface area contributed by atoms with E-state index in [4.69, 9.17) is 28.4 Å². The molecule has 0 unspecified atom stereocenters. The smallest absolute Gasteiger partial charge is 0.148 e. The first-order valence-corrected chi connectivity index (χ1v) is 5.52. The van der Waals surface area contributed by atoms with Crippen LogP contribution in [0.5, 0.6) is 0 Å². The molecule has 6 nitrogen and oxygen atoms in total. The van der Waals surface area contributed by atoms with Gasteiger partial charge in [-0.05, 0) is 6.92 Å².